The van der Waals surface area contributed by atoms with E-state index in [9.17, 15) is 9.59 Å². The van der Waals surface area contributed by atoms with E-state index in [-0.39, 0.29) is 5.56 Å². The number of ketones is 1. The topological polar surface area (TPSA) is 49.9 Å². The molecule has 0 atom stereocenters. The van der Waals surface area contributed by atoms with Gasteiger partial charge in [0.05, 0.1) is 0 Å². The van der Waals surface area contributed by atoms with E-state index >= 15 is 0 Å². The molecule has 0 bridgehead atoms. The zero-order valence-electron chi connectivity index (χ0n) is 7.95. The number of aromatic nitrogens is 1. The number of Topliss-reactive ketones (excluding diaryl/α,β-unsaturated/α-hetero) is 1. The Kier molecular flexibility index (Phi) is 2.48. The number of pyridine rings is 1. The molecule has 2 rings (SSSR count). The van der Waals surface area contributed by atoms with Crippen molar-refractivity contribution >= 4 is 5.78 Å². The summed E-state index contributed by atoms with van der Waals surface area (Å²) in [4.78, 5) is 24.9. The summed E-state index contributed by atoms with van der Waals surface area (Å²) in [5.74, 6) is 0.709. The highest BCUT2D eigenvalue weighted by molar-refractivity contribution is 5.79. The molecule has 3 nitrogen and oxygen atoms in total. The van der Waals surface area contributed by atoms with Gasteiger partial charge >= 0.3 is 0 Å². The Morgan fingerprint density at radius 2 is 1.86 bits per heavy atom. The lowest BCUT2D eigenvalue weighted by Gasteiger charge is -2.20. The SMILES string of the molecule is O=C1CCC(c2cccc(=O)[nH]2)CC1. The second kappa shape index (κ2) is 3.78. The van der Waals surface area contributed by atoms with Crippen LogP contribution in [0.4, 0.5) is 0 Å². The number of carbonyl (C=O) groups excluding carboxylic acids is 1. The molecule has 1 fully saturated rings. The zero-order valence-corrected chi connectivity index (χ0v) is 7.95. The molecular formula is C11H13NO2. The molecule has 0 unspecified atom stereocenters. The maximum atomic E-state index is 11.1. The van der Waals surface area contributed by atoms with E-state index in [0.29, 0.717) is 24.5 Å². The second-order valence-corrected chi connectivity index (χ2v) is 3.78. The molecule has 1 N–H and O–H groups in total. The van der Waals surface area contributed by atoms with Crippen molar-refractivity contribution in [2.75, 3.05) is 0 Å². The Labute approximate surface area is 82.2 Å². The third-order valence-electron chi connectivity index (χ3n) is 2.77. The zero-order chi connectivity index (χ0) is 9.97. The van der Waals surface area contributed by atoms with Crippen molar-refractivity contribution in [1.29, 1.82) is 0 Å². The predicted octanol–water partition coefficient (Wildman–Crippen LogP) is 1.60. The highest BCUT2D eigenvalue weighted by Crippen LogP contribution is 2.29. The van der Waals surface area contributed by atoms with Gasteiger partial charge < -0.3 is 4.98 Å². The van der Waals surface area contributed by atoms with Gasteiger partial charge in [-0.1, -0.05) is 6.07 Å². The first-order valence-electron chi connectivity index (χ1n) is 4.96. The maximum absolute atomic E-state index is 11.1. The van der Waals surface area contributed by atoms with Gasteiger partial charge in [0, 0.05) is 24.6 Å². The van der Waals surface area contributed by atoms with Gasteiger partial charge in [-0.25, -0.2) is 0 Å². The first kappa shape index (κ1) is 9.19. The average molecular weight is 191 g/mol. The molecule has 1 saturated carbocycles. The second-order valence-electron chi connectivity index (χ2n) is 3.78. The monoisotopic (exact) mass is 191 g/mol. The summed E-state index contributed by atoms with van der Waals surface area (Å²) < 4.78 is 0. The van der Waals surface area contributed by atoms with Crippen molar-refractivity contribution in [3.8, 4) is 0 Å². The number of nitrogens with one attached hydrogen (secondary N) is 1. The number of carbonyl (C=O) groups is 1. The number of rotatable bonds is 1. The number of hydrogen-bond donors (Lipinski definition) is 1. The molecule has 1 aliphatic rings. The molecule has 3 heteroatoms. The Hall–Kier alpha value is -1.38. The third kappa shape index (κ3) is 1.92. The lowest BCUT2D eigenvalue weighted by atomic mass is 9.86. The maximum Gasteiger partial charge on any atom is 0.248 e. The van der Waals surface area contributed by atoms with E-state index in [1.54, 1.807) is 6.07 Å². The predicted molar refractivity (Wildman–Crippen MR) is 53.3 cm³/mol. The molecule has 0 spiro atoms. The van der Waals surface area contributed by atoms with Gasteiger partial charge in [0.1, 0.15) is 5.78 Å². The van der Waals surface area contributed by atoms with Crippen LogP contribution in [0, 0.1) is 0 Å². The summed E-state index contributed by atoms with van der Waals surface area (Å²) in [5.41, 5.74) is 0.921. The van der Waals surface area contributed by atoms with Gasteiger partial charge in [-0.05, 0) is 24.8 Å². The summed E-state index contributed by atoms with van der Waals surface area (Å²) in [6.07, 6.45) is 3.06. The Bertz CT molecular complexity index is 384. The molecule has 1 aromatic rings. The van der Waals surface area contributed by atoms with E-state index in [4.69, 9.17) is 0 Å². The molecule has 0 aromatic carbocycles. The van der Waals surface area contributed by atoms with Crippen LogP contribution in [0.25, 0.3) is 0 Å². The molecule has 0 radical (unpaired) electrons. The fraction of sp³-hybridized carbons (Fsp3) is 0.455. The molecule has 1 heterocycles. The minimum atomic E-state index is -0.0561. The summed E-state index contributed by atoms with van der Waals surface area (Å²) in [6, 6.07) is 5.21. The summed E-state index contributed by atoms with van der Waals surface area (Å²) >= 11 is 0. The van der Waals surface area contributed by atoms with Crippen molar-refractivity contribution in [2.24, 2.45) is 0 Å². The molecular weight excluding hydrogens is 178 g/mol. The normalized spacial score (nSPS) is 18.4. The van der Waals surface area contributed by atoms with Gasteiger partial charge in [0.25, 0.3) is 0 Å². The Morgan fingerprint density at radius 1 is 1.14 bits per heavy atom. The van der Waals surface area contributed by atoms with Crippen LogP contribution < -0.4 is 5.56 Å². The van der Waals surface area contributed by atoms with Crippen LogP contribution in [0.15, 0.2) is 23.0 Å². The van der Waals surface area contributed by atoms with E-state index in [2.05, 4.69) is 4.98 Å². The van der Waals surface area contributed by atoms with Crippen LogP contribution in [-0.4, -0.2) is 10.8 Å². The lowest BCUT2D eigenvalue weighted by molar-refractivity contribution is -0.120. The number of aromatic amines is 1. The van der Waals surface area contributed by atoms with Gasteiger partial charge in [0.15, 0.2) is 0 Å². The molecule has 0 amide bonds. The van der Waals surface area contributed by atoms with Crippen LogP contribution in [-0.2, 0) is 4.79 Å². The first-order valence-corrected chi connectivity index (χ1v) is 4.96. The summed E-state index contributed by atoms with van der Waals surface area (Å²) in [7, 11) is 0. The van der Waals surface area contributed by atoms with Crippen molar-refractivity contribution in [1.82, 2.24) is 4.98 Å². The fourth-order valence-corrected chi connectivity index (χ4v) is 1.95. The van der Waals surface area contributed by atoms with Crippen molar-refractivity contribution in [3.05, 3.63) is 34.2 Å². The smallest absolute Gasteiger partial charge is 0.248 e. The minimum absolute atomic E-state index is 0.0561. The quantitative estimate of drug-likeness (QED) is 0.733. The molecule has 0 saturated heterocycles. The van der Waals surface area contributed by atoms with E-state index in [1.807, 2.05) is 6.07 Å². The van der Waals surface area contributed by atoms with Gasteiger partial charge in [0.2, 0.25) is 5.56 Å². The van der Waals surface area contributed by atoms with Crippen molar-refractivity contribution < 1.29 is 4.79 Å². The Morgan fingerprint density at radius 3 is 2.50 bits per heavy atom. The number of H-pyrrole nitrogens is 1. The molecule has 1 aromatic heterocycles. The van der Waals surface area contributed by atoms with Crippen LogP contribution in [0.1, 0.15) is 37.3 Å². The molecule has 74 valence electrons. The molecule has 14 heavy (non-hydrogen) atoms. The van der Waals surface area contributed by atoms with E-state index in [1.165, 1.54) is 6.07 Å². The first-order chi connectivity index (χ1) is 6.75. The van der Waals surface area contributed by atoms with Crippen LogP contribution in [0.2, 0.25) is 0 Å². The van der Waals surface area contributed by atoms with Gasteiger partial charge in [-0.2, -0.15) is 0 Å². The highest BCUT2D eigenvalue weighted by atomic mass is 16.1. The average Bonchev–Trinajstić information content (AvgIpc) is 2.19. The molecule has 0 aliphatic heterocycles. The van der Waals surface area contributed by atoms with Gasteiger partial charge in [-0.3, -0.25) is 9.59 Å². The van der Waals surface area contributed by atoms with Crippen molar-refractivity contribution in [3.63, 3.8) is 0 Å². The van der Waals surface area contributed by atoms with Crippen molar-refractivity contribution in [2.45, 2.75) is 31.6 Å². The van der Waals surface area contributed by atoms with E-state index in [0.717, 1.165) is 18.5 Å². The van der Waals surface area contributed by atoms with Crippen LogP contribution in [0.5, 0.6) is 0 Å². The van der Waals surface area contributed by atoms with Crippen LogP contribution >= 0.6 is 0 Å². The summed E-state index contributed by atoms with van der Waals surface area (Å²) in [6.45, 7) is 0. The largest absolute Gasteiger partial charge is 0.326 e. The Balaban J connectivity index is 2.16. The third-order valence-corrected chi connectivity index (χ3v) is 2.77. The van der Waals surface area contributed by atoms with Gasteiger partial charge in [-0.15, -0.1) is 0 Å². The van der Waals surface area contributed by atoms with Crippen LogP contribution in [0.3, 0.4) is 0 Å². The number of hydrogen-bond acceptors (Lipinski definition) is 2. The highest BCUT2D eigenvalue weighted by Gasteiger charge is 2.20. The standard InChI is InChI=1S/C11H13NO2/c13-9-6-4-8(5-7-9)10-2-1-3-11(14)12-10/h1-3,8H,4-7H2,(H,12,14). The summed E-state index contributed by atoms with van der Waals surface area (Å²) in [5, 5.41) is 0. The lowest BCUT2D eigenvalue weighted by Crippen LogP contribution is -2.16. The molecule has 1 aliphatic carbocycles. The minimum Gasteiger partial charge on any atom is -0.326 e. The fourth-order valence-electron chi connectivity index (χ4n) is 1.95. The van der Waals surface area contributed by atoms with E-state index < -0.39 is 0 Å².